The summed E-state index contributed by atoms with van der Waals surface area (Å²) in [5, 5.41) is 10.5. The van der Waals surface area contributed by atoms with Gasteiger partial charge < -0.3 is 9.47 Å². The summed E-state index contributed by atoms with van der Waals surface area (Å²) >= 11 is 0. The lowest BCUT2D eigenvalue weighted by molar-refractivity contribution is -0.384. The predicted octanol–water partition coefficient (Wildman–Crippen LogP) is 2.61. The highest BCUT2D eigenvalue weighted by atomic mass is 16.6. The number of ether oxygens (including phenoxy) is 2. The number of esters is 2. The van der Waals surface area contributed by atoms with Crippen LogP contribution in [-0.2, 0) is 9.47 Å². The van der Waals surface area contributed by atoms with Gasteiger partial charge in [-0.25, -0.2) is 9.59 Å². The van der Waals surface area contributed by atoms with Crippen molar-refractivity contribution in [3.63, 3.8) is 0 Å². The fourth-order valence-electron chi connectivity index (χ4n) is 1.73. The average Bonchev–Trinajstić information content (AvgIpc) is 2.59. The largest absolute Gasteiger partial charge is 0.458 e. The van der Waals surface area contributed by atoms with Crippen LogP contribution in [0.25, 0.3) is 0 Å². The molecule has 0 bridgehead atoms. The maximum Gasteiger partial charge on any atom is 0.338 e. The molecular formula is C16H13NO6. The normalized spacial score (nSPS) is 9.91. The van der Waals surface area contributed by atoms with Crippen LogP contribution in [0, 0.1) is 10.1 Å². The van der Waals surface area contributed by atoms with Gasteiger partial charge in [-0.05, 0) is 24.3 Å². The first kappa shape index (κ1) is 16.2. The van der Waals surface area contributed by atoms with E-state index in [1.54, 1.807) is 30.3 Å². The van der Waals surface area contributed by atoms with Crippen molar-refractivity contribution < 1.29 is 24.0 Å². The van der Waals surface area contributed by atoms with Crippen LogP contribution >= 0.6 is 0 Å². The van der Waals surface area contributed by atoms with Crippen molar-refractivity contribution in [2.24, 2.45) is 0 Å². The van der Waals surface area contributed by atoms with Gasteiger partial charge in [0.2, 0.25) is 0 Å². The second-order valence-electron chi connectivity index (χ2n) is 4.44. The quantitative estimate of drug-likeness (QED) is 0.352. The van der Waals surface area contributed by atoms with Crippen LogP contribution in [0.2, 0.25) is 0 Å². The summed E-state index contributed by atoms with van der Waals surface area (Å²) < 4.78 is 9.89. The van der Waals surface area contributed by atoms with Crippen molar-refractivity contribution in [3.05, 3.63) is 75.8 Å². The number of nitrogens with zero attached hydrogens (tertiary/aromatic N) is 1. The van der Waals surface area contributed by atoms with Gasteiger partial charge in [0, 0.05) is 12.1 Å². The first-order valence-corrected chi connectivity index (χ1v) is 6.71. The number of hydrogen-bond donors (Lipinski definition) is 0. The maximum absolute atomic E-state index is 11.7. The summed E-state index contributed by atoms with van der Waals surface area (Å²) in [5.74, 6) is -1.15. The zero-order valence-corrected chi connectivity index (χ0v) is 12.0. The van der Waals surface area contributed by atoms with Gasteiger partial charge >= 0.3 is 11.9 Å². The highest BCUT2D eigenvalue weighted by Crippen LogP contribution is 2.12. The molecule has 2 aromatic carbocycles. The third kappa shape index (κ3) is 4.63. The fraction of sp³-hybridized carbons (Fsp3) is 0.125. The highest BCUT2D eigenvalue weighted by molar-refractivity contribution is 5.90. The SMILES string of the molecule is O=C(OCCOC(=O)c1ccc([N+](=O)[O-])cc1)c1ccccc1. The summed E-state index contributed by atoms with van der Waals surface area (Å²) in [6.45, 7) is -0.180. The van der Waals surface area contributed by atoms with Crippen molar-refractivity contribution in [3.8, 4) is 0 Å². The van der Waals surface area contributed by atoms with E-state index in [4.69, 9.17) is 9.47 Å². The van der Waals surface area contributed by atoms with E-state index < -0.39 is 16.9 Å². The standard InChI is InChI=1S/C16H13NO6/c18-15(12-4-2-1-3-5-12)22-10-11-23-16(19)13-6-8-14(9-7-13)17(20)21/h1-9H,10-11H2. The second kappa shape index (κ2) is 7.69. The molecule has 0 atom stereocenters. The Morgan fingerprint density at radius 3 is 1.78 bits per heavy atom. The Kier molecular flexibility index (Phi) is 5.40. The number of carbonyl (C=O) groups is 2. The molecule has 0 radical (unpaired) electrons. The molecule has 0 aromatic heterocycles. The predicted molar refractivity (Wildman–Crippen MR) is 80.1 cm³/mol. The number of carbonyl (C=O) groups excluding carboxylic acids is 2. The van der Waals surface area contributed by atoms with Crippen LogP contribution in [0.4, 0.5) is 5.69 Å². The molecule has 118 valence electrons. The minimum absolute atomic E-state index is 0.0769. The lowest BCUT2D eigenvalue weighted by atomic mass is 10.2. The molecule has 0 heterocycles. The Morgan fingerprint density at radius 2 is 1.30 bits per heavy atom. The smallest absolute Gasteiger partial charge is 0.338 e. The van der Waals surface area contributed by atoms with Gasteiger partial charge in [0.15, 0.2) is 0 Å². The van der Waals surface area contributed by atoms with Gasteiger partial charge in [-0.15, -0.1) is 0 Å². The van der Waals surface area contributed by atoms with Crippen LogP contribution < -0.4 is 0 Å². The molecule has 0 N–H and O–H groups in total. The van der Waals surface area contributed by atoms with Crippen molar-refractivity contribution in [1.82, 2.24) is 0 Å². The van der Waals surface area contributed by atoms with E-state index in [-0.39, 0.29) is 24.5 Å². The molecule has 0 aliphatic heterocycles. The van der Waals surface area contributed by atoms with E-state index in [1.807, 2.05) is 0 Å². The first-order chi connectivity index (χ1) is 11.1. The highest BCUT2D eigenvalue weighted by Gasteiger charge is 2.11. The van der Waals surface area contributed by atoms with E-state index in [1.165, 1.54) is 24.3 Å². The third-order valence-corrected chi connectivity index (χ3v) is 2.87. The van der Waals surface area contributed by atoms with Gasteiger partial charge in [0.1, 0.15) is 13.2 Å². The van der Waals surface area contributed by atoms with Gasteiger partial charge in [-0.1, -0.05) is 18.2 Å². The molecule has 0 amide bonds. The third-order valence-electron chi connectivity index (χ3n) is 2.87. The van der Waals surface area contributed by atoms with E-state index in [0.29, 0.717) is 5.56 Å². The number of nitro groups is 1. The summed E-state index contributed by atoms with van der Waals surface area (Å²) in [6, 6.07) is 13.5. The Balaban J connectivity index is 1.76. The van der Waals surface area contributed by atoms with Crippen LogP contribution in [0.15, 0.2) is 54.6 Å². The topological polar surface area (TPSA) is 95.7 Å². The Morgan fingerprint density at radius 1 is 0.826 bits per heavy atom. The number of nitro benzene ring substituents is 1. The molecule has 0 saturated carbocycles. The minimum Gasteiger partial charge on any atom is -0.458 e. The van der Waals surface area contributed by atoms with Crippen LogP contribution in [0.5, 0.6) is 0 Å². The van der Waals surface area contributed by atoms with Crippen molar-refractivity contribution in [2.45, 2.75) is 0 Å². The Hall–Kier alpha value is -3.22. The fourth-order valence-corrected chi connectivity index (χ4v) is 1.73. The molecule has 0 spiro atoms. The van der Waals surface area contributed by atoms with Crippen molar-refractivity contribution in [1.29, 1.82) is 0 Å². The van der Waals surface area contributed by atoms with Gasteiger partial charge in [0.05, 0.1) is 16.1 Å². The summed E-state index contributed by atoms with van der Waals surface area (Å²) in [5.41, 5.74) is 0.484. The summed E-state index contributed by atoms with van der Waals surface area (Å²) in [7, 11) is 0. The molecular weight excluding hydrogens is 302 g/mol. The lowest BCUT2D eigenvalue weighted by Gasteiger charge is -2.06. The molecule has 2 aromatic rings. The molecule has 0 fully saturated rings. The monoisotopic (exact) mass is 315 g/mol. The summed E-state index contributed by atoms with van der Waals surface area (Å²) in [4.78, 5) is 33.3. The van der Waals surface area contributed by atoms with E-state index in [9.17, 15) is 19.7 Å². The van der Waals surface area contributed by atoms with Crippen molar-refractivity contribution >= 4 is 17.6 Å². The van der Waals surface area contributed by atoms with Gasteiger partial charge in [-0.3, -0.25) is 10.1 Å². The van der Waals surface area contributed by atoms with Crippen LogP contribution in [0.1, 0.15) is 20.7 Å². The zero-order valence-electron chi connectivity index (χ0n) is 12.0. The Labute approximate surface area is 131 Å². The van der Waals surface area contributed by atoms with Crippen LogP contribution in [-0.4, -0.2) is 30.1 Å². The molecule has 0 saturated heterocycles. The van der Waals surface area contributed by atoms with E-state index in [0.717, 1.165) is 0 Å². The van der Waals surface area contributed by atoms with Crippen LogP contribution in [0.3, 0.4) is 0 Å². The van der Waals surface area contributed by atoms with Crippen molar-refractivity contribution in [2.75, 3.05) is 13.2 Å². The molecule has 0 unspecified atom stereocenters. The molecule has 2 rings (SSSR count). The van der Waals surface area contributed by atoms with E-state index in [2.05, 4.69) is 0 Å². The number of non-ortho nitro benzene ring substituents is 1. The van der Waals surface area contributed by atoms with E-state index >= 15 is 0 Å². The van der Waals surface area contributed by atoms with Gasteiger partial charge in [-0.2, -0.15) is 0 Å². The maximum atomic E-state index is 11.7. The summed E-state index contributed by atoms with van der Waals surface area (Å²) in [6.07, 6.45) is 0. The average molecular weight is 315 g/mol. The molecule has 7 heteroatoms. The minimum atomic E-state index is -0.643. The molecule has 0 aliphatic rings. The number of hydrogen-bond acceptors (Lipinski definition) is 6. The lowest BCUT2D eigenvalue weighted by Crippen LogP contribution is -2.14. The molecule has 0 aliphatic carbocycles. The molecule has 7 nitrogen and oxygen atoms in total. The second-order valence-corrected chi connectivity index (χ2v) is 4.44. The molecule has 23 heavy (non-hydrogen) atoms. The number of benzene rings is 2. The van der Waals surface area contributed by atoms with Gasteiger partial charge in [0.25, 0.3) is 5.69 Å². The zero-order chi connectivity index (χ0) is 16.7. The first-order valence-electron chi connectivity index (χ1n) is 6.71. The Bertz CT molecular complexity index is 696. The number of rotatable bonds is 6.